The summed E-state index contributed by atoms with van der Waals surface area (Å²) in [5.74, 6) is 1.37. The number of hydrogen-bond donors (Lipinski definition) is 0. The van der Waals surface area contributed by atoms with Gasteiger partial charge in [0, 0.05) is 31.5 Å². The zero-order valence-corrected chi connectivity index (χ0v) is 13.2. The van der Waals surface area contributed by atoms with Crippen LogP contribution >= 0.6 is 0 Å². The molecule has 0 bridgehead atoms. The number of rotatable bonds is 4. The Bertz CT molecular complexity index is 646. The Morgan fingerprint density at radius 2 is 2.23 bits per heavy atom. The van der Waals surface area contributed by atoms with Crippen molar-refractivity contribution in [2.24, 2.45) is 0 Å². The lowest BCUT2D eigenvalue weighted by atomic mass is 9.98. The summed E-state index contributed by atoms with van der Waals surface area (Å²) in [5, 5.41) is 0. The first kappa shape index (κ1) is 14.8. The molecular weight excluding hydrogens is 280 g/mol. The van der Waals surface area contributed by atoms with Gasteiger partial charge in [-0.25, -0.2) is 9.97 Å². The number of carbonyl (C=O) groups is 1. The third kappa shape index (κ3) is 2.91. The molecule has 1 amide bonds. The maximum Gasteiger partial charge on any atom is 0.291 e. The van der Waals surface area contributed by atoms with E-state index in [1.54, 1.807) is 0 Å². The minimum absolute atomic E-state index is 0.0259. The third-order valence-electron chi connectivity index (χ3n) is 4.45. The van der Waals surface area contributed by atoms with Crippen LogP contribution in [0.2, 0.25) is 0 Å². The van der Waals surface area contributed by atoms with Crippen molar-refractivity contribution in [3.63, 3.8) is 0 Å². The number of imidazole rings is 1. The Kier molecular flexibility index (Phi) is 4.27. The third-order valence-corrected chi connectivity index (χ3v) is 4.45. The predicted molar refractivity (Wildman–Crippen MR) is 81.5 cm³/mol. The maximum atomic E-state index is 12.7. The normalized spacial score (nSPS) is 18.6. The molecule has 0 radical (unpaired) electrons. The molecule has 1 aliphatic heterocycles. The smallest absolute Gasteiger partial charge is 0.291 e. The van der Waals surface area contributed by atoms with Crippen molar-refractivity contribution < 1.29 is 9.21 Å². The minimum Gasteiger partial charge on any atom is -0.438 e. The summed E-state index contributed by atoms with van der Waals surface area (Å²) in [7, 11) is 0. The molecule has 3 heterocycles. The summed E-state index contributed by atoms with van der Waals surface area (Å²) < 4.78 is 7.42. The molecule has 0 aromatic carbocycles. The van der Waals surface area contributed by atoms with Gasteiger partial charge >= 0.3 is 0 Å². The van der Waals surface area contributed by atoms with Crippen LogP contribution in [-0.4, -0.2) is 37.9 Å². The summed E-state index contributed by atoms with van der Waals surface area (Å²) in [6, 6.07) is 0.257. The fourth-order valence-corrected chi connectivity index (χ4v) is 3.13. The Balaban J connectivity index is 1.70. The largest absolute Gasteiger partial charge is 0.438 e. The van der Waals surface area contributed by atoms with Crippen LogP contribution in [0, 0.1) is 13.8 Å². The van der Waals surface area contributed by atoms with Gasteiger partial charge in [-0.05, 0) is 39.5 Å². The van der Waals surface area contributed by atoms with E-state index in [0.717, 1.165) is 38.2 Å². The highest BCUT2D eigenvalue weighted by atomic mass is 16.3. The molecule has 1 aliphatic rings. The van der Waals surface area contributed by atoms with Gasteiger partial charge in [-0.15, -0.1) is 0 Å². The first-order valence-corrected chi connectivity index (χ1v) is 7.85. The lowest BCUT2D eigenvalue weighted by Crippen LogP contribution is -2.44. The van der Waals surface area contributed by atoms with Crippen molar-refractivity contribution in [2.75, 3.05) is 6.54 Å². The first-order chi connectivity index (χ1) is 10.7. The Morgan fingerprint density at radius 3 is 2.91 bits per heavy atom. The Hall–Kier alpha value is -2.11. The number of piperidine rings is 1. The molecule has 6 heteroatoms. The van der Waals surface area contributed by atoms with Crippen LogP contribution in [0.1, 0.15) is 47.8 Å². The van der Waals surface area contributed by atoms with Crippen molar-refractivity contribution in [3.05, 3.63) is 36.1 Å². The van der Waals surface area contributed by atoms with Crippen LogP contribution in [0.15, 0.2) is 23.2 Å². The fraction of sp³-hybridized carbons (Fsp3) is 0.562. The van der Waals surface area contributed by atoms with E-state index < -0.39 is 0 Å². The topological polar surface area (TPSA) is 64.2 Å². The zero-order valence-electron chi connectivity index (χ0n) is 13.2. The molecule has 0 spiro atoms. The quantitative estimate of drug-likeness (QED) is 0.870. The van der Waals surface area contributed by atoms with E-state index in [1.165, 1.54) is 12.8 Å². The van der Waals surface area contributed by atoms with Crippen LogP contribution in [0.25, 0.3) is 0 Å². The molecule has 0 N–H and O–H groups in total. The van der Waals surface area contributed by atoms with Crippen LogP contribution in [0.4, 0.5) is 0 Å². The number of aryl methyl sites for hydroxylation is 3. The number of carbonyl (C=O) groups excluding carboxylic acids is 1. The van der Waals surface area contributed by atoms with E-state index in [1.807, 2.05) is 31.1 Å². The molecule has 0 unspecified atom stereocenters. The van der Waals surface area contributed by atoms with Gasteiger partial charge in [0.25, 0.3) is 5.91 Å². The van der Waals surface area contributed by atoms with Crippen LogP contribution in [0.5, 0.6) is 0 Å². The van der Waals surface area contributed by atoms with E-state index in [2.05, 4.69) is 14.5 Å². The summed E-state index contributed by atoms with van der Waals surface area (Å²) >= 11 is 0. The van der Waals surface area contributed by atoms with E-state index >= 15 is 0 Å². The summed E-state index contributed by atoms with van der Waals surface area (Å²) in [4.78, 5) is 22.9. The molecule has 2 aromatic heterocycles. The number of nitrogens with zero attached hydrogens (tertiary/aromatic N) is 4. The van der Waals surface area contributed by atoms with Crippen LogP contribution < -0.4 is 0 Å². The van der Waals surface area contributed by atoms with E-state index in [9.17, 15) is 4.79 Å². The van der Waals surface area contributed by atoms with Crippen LogP contribution in [0.3, 0.4) is 0 Å². The van der Waals surface area contributed by atoms with Gasteiger partial charge in [0.1, 0.15) is 5.82 Å². The number of hydrogen-bond acceptors (Lipinski definition) is 4. The SMILES string of the molecule is Cc1ncoc1C(=O)N1CCCC[C@H]1CCn1ccnc1C. The minimum atomic E-state index is -0.0259. The highest BCUT2D eigenvalue weighted by Gasteiger charge is 2.30. The molecule has 1 atom stereocenters. The highest BCUT2D eigenvalue weighted by Crippen LogP contribution is 2.23. The van der Waals surface area contributed by atoms with Crippen molar-refractivity contribution in [1.29, 1.82) is 0 Å². The standard InChI is InChI=1S/C16H22N4O2/c1-12-15(22-11-18-12)16(21)20-8-4-3-5-14(20)6-9-19-10-7-17-13(19)2/h7,10-11,14H,3-6,8-9H2,1-2H3/t14-/m0/s1. The number of likely N-dealkylation sites (tertiary alicyclic amines) is 1. The number of oxazole rings is 1. The summed E-state index contributed by atoms with van der Waals surface area (Å²) in [5.41, 5.74) is 0.666. The van der Waals surface area contributed by atoms with Crippen molar-refractivity contribution in [3.8, 4) is 0 Å². The molecule has 118 valence electrons. The van der Waals surface area contributed by atoms with E-state index in [-0.39, 0.29) is 11.9 Å². The lowest BCUT2D eigenvalue weighted by molar-refractivity contribution is 0.0562. The predicted octanol–water partition coefficient (Wildman–Crippen LogP) is 2.57. The van der Waals surface area contributed by atoms with Crippen LogP contribution in [-0.2, 0) is 6.54 Å². The van der Waals surface area contributed by atoms with Gasteiger partial charge in [-0.3, -0.25) is 4.79 Å². The number of amides is 1. The van der Waals surface area contributed by atoms with Gasteiger partial charge < -0.3 is 13.9 Å². The molecule has 1 fully saturated rings. The molecule has 0 saturated carbocycles. The van der Waals surface area contributed by atoms with Crippen molar-refractivity contribution >= 4 is 5.91 Å². The summed E-state index contributed by atoms with van der Waals surface area (Å²) in [6.45, 7) is 5.49. The average Bonchev–Trinajstić information content (AvgIpc) is 3.13. The zero-order chi connectivity index (χ0) is 15.5. The lowest BCUT2D eigenvalue weighted by Gasteiger charge is -2.35. The Morgan fingerprint density at radius 1 is 1.36 bits per heavy atom. The first-order valence-electron chi connectivity index (χ1n) is 7.85. The molecule has 1 saturated heterocycles. The Labute approximate surface area is 130 Å². The average molecular weight is 302 g/mol. The molecular formula is C16H22N4O2. The van der Waals surface area contributed by atoms with Crippen molar-refractivity contribution in [1.82, 2.24) is 19.4 Å². The van der Waals surface area contributed by atoms with Crippen molar-refractivity contribution in [2.45, 2.75) is 52.1 Å². The molecule has 6 nitrogen and oxygen atoms in total. The van der Waals surface area contributed by atoms with Gasteiger partial charge in [-0.2, -0.15) is 0 Å². The summed E-state index contributed by atoms with van der Waals surface area (Å²) in [6.07, 6.45) is 9.37. The van der Waals surface area contributed by atoms with Gasteiger partial charge in [0.2, 0.25) is 5.76 Å². The highest BCUT2D eigenvalue weighted by molar-refractivity contribution is 5.92. The van der Waals surface area contributed by atoms with E-state index in [4.69, 9.17) is 4.42 Å². The molecule has 3 rings (SSSR count). The second-order valence-electron chi connectivity index (χ2n) is 5.87. The second kappa shape index (κ2) is 6.34. The van der Waals surface area contributed by atoms with Gasteiger partial charge in [0.05, 0.1) is 5.69 Å². The molecule has 2 aromatic rings. The van der Waals surface area contributed by atoms with Gasteiger partial charge in [0.15, 0.2) is 6.39 Å². The molecule has 0 aliphatic carbocycles. The number of aromatic nitrogens is 3. The molecule has 22 heavy (non-hydrogen) atoms. The second-order valence-corrected chi connectivity index (χ2v) is 5.87. The van der Waals surface area contributed by atoms with Gasteiger partial charge in [-0.1, -0.05) is 0 Å². The maximum absolute atomic E-state index is 12.7. The monoisotopic (exact) mass is 302 g/mol. The van der Waals surface area contributed by atoms with E-state index in [0.29, 0.717) is 11.5 Å². The fourth-order valence-electron chi connectivity index (χ4n) is 3.13.